The lowest BCUT2D eigenvalue weighted by Gasteiger charge is -2.43. The molecule has 0 N–H and O–H groups in total. The summed E-state index contributed by atoms with van der Waals surface area (Å²) < 4.78 is 5.00. The summed E-state index contributed by atoms with van der Waals surface area (Å²) in [5.74, 6) is 0.696. The predicted octanol–water partition coefficient (Wildman–Crippen LogP) is 1.59. The van der Waals surface area contributed by atoms with Crippen LogP contribution < -0.4 is 0 Å². The van der Waals surface area contributed by atoms with E-state index in [1.165, 1.54) is 7.11 Å². The molecule has 0 aromatic rings. The van der Waals surface area contributed by atoms with E-state index in [9.17, 15) is 10.1 Å². The highest BCUT2D eigenvalue weighted by molar-refractivity contribution is 5.30. The van der Waals surface area contributed by atoms with Crippen molar-refractivity contribution in [3.05, 3.63) is 21.9 Å². The number of hydrogen-bond donors (Lipinski definition) is 0. The maximum atomic E-state index is 10.7. The van der Waals surface area contributed by atoms with Gasteiger partial charge in [0.15, 0.2) is 0 Å². The number of methoxy groups -OCH3 is 1. The van der Waals surface area contributed by atoms with Crippen molar-refractivity contribution >= 4 is 0 Å². The smallest absolute Gasteiger partial charge is 0.253 e. The number of rotatable bonds is 2. The second kappa shape index (κ2) is 2.21. The first-order valence-electron chi connectivity index (χ1n) is 3.78. The van der Waals surface area contributed by atoms with Gasteiger partial charge in [-0.05, 0) is 13.8 Å². The normalized spacial score (nSPS) is 31.8. The van der Waals surface area contributed by atoms with Crippen molar-refractivity contribution in [3.63, 3.8) is 0 Å². The van der Waals surface area contributed by atoms with Gasteiger partial charge < -0.3 is 4.74 Å². The monoisotopic (exact) mass is 171 g/mol. The van der Waals surface area contributed by atoms with Crippen LogP contribution in [0.1, 0.15) is 20.8 Å². The molecule has 1 rings (SSSR count). The van der Waals surface area contributed by atoms with E-state index in [4.69, 9.17) is 4.74 Å². The summed E-state index contributed by atoms with van der Waals surface area (Å²) in [6, 6.07) is 0. The van der Waals surface area contributed by atoms with Crippen LogP contribution in [0.5, 0.6) is 0 Å². The lowest BCUT2D eigenvalue weighted by atomic mass is 9.63. The van der Waals surface area contributed by atoms with Gasteiger partial charge in [-0.3, -0.25) is 10.1 Å². The zero-order valence-corrected chi connectivity index (χ0v) is 7.75. The van der Waals surface area contributed by atoms with Crippen LogP contribution in [0, 0.1) is 15.5 Å². The number of ether oxygens (including phenoxy) is 1. The molecule has 0 amide bonds. The number of hydrogen-bond acceptors (Lipinski definition) is 3. The lowest BCUT2D eigenvalue weighted by molar-refractivity contribution is -0.576. The van der Waals surface area contributed by atoms with Gasteiger partial charge in [0.05, 0.1) is 12.5 Å². The maximum Gasteiger partial charge on any atom is 0.253 e. The zero-order valence-electron chi connectivity index (χ0n) is 7.75. The average Bonchev–Trinajstić information content (AvgIpc) is 1.98. The first-order chi connectivity index (χ1) is 5.36. The average molecular weight is 171 g/mol. The summed E-state index contributed by atoms with van der Waals surface area (Å²) in [7, 11) is 1.53. The Bertz CT molecular complexity index is 257. The second-order valence-corrected chi connectivity index (χ2v) is 3.74. The molecule has 1 aliphatic rings. The van der Waals surface area contributed by atoms with Crippen LogP contribution >= 0.6 is 0 Å². The standard InChI is InChI=1S/C8H13NO3/c1-7(2)6(12-4)5-8(7,3)9(10)11/h5H,1-4H3. The Kier molecular flexibility index (Phi) is 1.67. The molecule has 4 nitrogen and oxygen atoms in total. The summed E-state index contributed by atoms with van der Waals surface area (Å²) >= 11 is 0. The molecule has 0 bridgehead atoms. The molecule has 4 heteroatoms. The number of nitro groups is 1. The van der Waals surface area contributed by atoms with E-state index in [1.54, 1.807) is 13.0 Å². The van der Waals surface area contributed by atoms with Crippen LogP contribution in [-0.4, -0.2) is 17.6 Å². The minimum Gasteiger partial charge on any atom is -0.500 e. The van der Waals surface area contributed by atoms with E-state index in [0.29, 0.717) is 5.76 Å². The molecule has 0 fully saturated rings. The SMILES string of the molecule is COC1=CC(C)([N+](=O)[O-])C1(C)C. The van der Waals surface area contributed by atoms with Gasteiger partial charge in [0.25, 0.3) is 5.54 Å². The third kappa shape index (κ3) is 0.777. The van der Waals surface area contributed by atoms with Crippen molar-refractivity contribution in [2.45, 2.75) is 26.3 Å². The predicted molar refractivity (Wildman–Crippen MR) is 44.3 cm³/mol. The highest BCUT2D eigenvalue weighted by Gasteiger charge is 2.61. The van der Waals surface area contributed by atoms with Gasteiger partial charge in [0.1, 0.15) is 5.76 Å². The highest BCUT2D eigenvalue weighted by Crippen LogP contribution is 2.50. The molecule has 12 heavy (non-hydrogen) atoms. The molecule has 0 radical (unpaired) electrons. The van der Waals surface area contributed by atoms with E-state index in [-0.39, 0.29) is 4.92 Å². The largest absolute Gasteiger partial charge is 0.500 e. The van der Waals surface area contributed by atoms with E-state index in [1.807, 2.05) is 13.8 Å². The quantitative estimate of drug-likeness (QED) is 0.468. The Morgan fingerprint density at radius 1 is 1.50 bits per heavy atom. The van der Waals surface area contributed by atoms with Crippen LogP contribution in [-0.2, 0) is 4.74 Å². The fourth-order valence-corrected chi connectivity index (χ4v) is 1.38. The number of nitrogens with zero attached hydrogens (tertiary/aromatic N) is 1. The fourth-order valence-electron chi connectivity index (χ4n) is 1.38. The van der Waals surface area contributed by atoms with Gasteiger partial charge in [-0.1, -0.05) is 0 Å². The van der Waals surface area contributed by atoms with Crippen LogP contribution in [0.3, 0.4) is 0 Å². The zero-order chi connectivity index (χ0) is 9.57. The molecule has 0 heterocycles. The van der Waals surface area contributed by atoms with E-state index in [0.717, 1.165) is 0 Å². The van der Waals surface area contributed by atoms with Gasteiger partial charge in [-0.2, -0.15) is 0 Å². The molecule has 1 unspecified atom stereocenters. The van der Waals surface area contributed by atoms with Crippen LogP contribution in [0.2, 0.25) is 0 Å². The van der Waals surface area contributed by atoms with Gasteiger partial charge in [-0.25, -0.2) is 0 Å². The van der Waals surface area contributed by atoms with Crippen LogP contribution in [0.25, 0.3) is 0 Å². The van der Waals surface area contributed by atoms with E-state index >= 15 is 0 Å². The minimum atomic E-state index is -0.974. The van der Waals surface area contributed by atoms with Crippen molar-refractivity contribution in [3.8, 4) is 0 Å². The molecule has 0 aliphatic heterocycles. The summed E-state index contributed by atoms with van der Waals surface area (Å²) in [4.78, 5) is 10.4. The molecule has 0 saturated heterocycles. The summed E-state index contributed by atoms with van der Waals surface area (Å²) in [6.45, 7) is 5.23. The first-order valence-corrected chi connectivity index (χ1v) is 3.78. The van der Waals surface area contributed by atoms with Crippen molar-refractivity contribution < 1.29 is 9.66 Å². The van der Waals surface area contributed by atoms with Crippen LogP contribution in [0.4, 0.5) is 0 Å². The summed E-state index contributed by atoms with van der Waals surface area (Å²) in [6.07, 6.45) is 1.56. The Morgan fingerprint density at radius 2 is 2.00 bits per heavy atom. The third-order valence-electron chi connectivity index (χ3n) is 2.89. The molecule has 1 aliphatic carbocycles. The molecule has 0 saturated carbocycles. The Labute approximate surface area is 71.4 Å². The highest BCUT2D eigenvalue weighted by atomic mass is 16.6. The minimum absolute atomic E-state index is 0.268. The Balaban J connectivity index is 3.03. The molecular weight excluding hydrogens is 158 g/mol. The van der Waals surface area contributed by atoms with Crippen molar-refractivity contribution in [2.75, 3.05) is 7.11 Å². The van der Waals surface area contributed by atoms with Crippen molar-refractivity contribution in [2.24, 2.45) is 5.41 Å². The molecular formula is C8H13NO3. The topological polar surface area (TPSA) is 52.4 Å². The van der Waals surface area contributed by atoms with Crippen molar-refractivity contribution in [1.82, 2.24) is 0 Å². The summed E-state index contributed by atoms with van der Waals surface area (Å²) in [5, 5.41) is 10.7. The van der Waals surface area contributed by atoms with Gasteiger partial charge in [0, 0.05) is 17.9 Å². The third-order valence-corrected chi connectivity index (χ3v) is 2.89. The maximum absolute atomic E-state index is 10.7. The van der Waals surface area contributed by atoms with Gasteiger partial charge >= 0.3 is 0 Å². The fraction of sp³-hybridized carbons (Fsp3) is 0.750. The van der Waals surface area contributed by atoms with Crippen LogP contribution in [0.15, 0.2) is 11.8 Å². The van der Waals surface area contributed by atoms with E-state index in [2.05, 4.69) is 0 Å². The Morgan fingerprint density at radius 3 is 2.25 bits per heavy atom. The van der Waals surface area contributed by atoms with Gasteiger partial charge in [-0.15, -0.1) is 0 Å². The van der Waals surface area contributed by atoms with Gasteiger partial charge in [0.2, 0.25) is 0 Å². The summed E-state index contributed by atoms with van der Waals surface area (Å²) in [5.41, 5.74) is -1.47. The molecule has 1 atom stereocenters. The second-order valence-electron chi connectivity index (χ2n) is 3.74. The van der Waals surface area contributed by atoms with Crippen molar-refractivity contribution in [1.29, 1.82) is 0 Å². The first kappa shape index (κ1) is 9.03. The van der Waals surface area contributed by atoms with E-state index < -0.39 is 11.0 Å². The molecule has 0 spiro atoms. The molecule has 0 aromatic heterocycles. The molecule has 68 valence electrons. The lowest BCUT2D eigenvalue weighted by Crippen LogP contribution is -2.55. The molecule has 0 aromatic carbocycles. The Hall–Kier alpha value is -1.06.